The number of sulfone groups is 1. The maximum Gasteiger partial charge on any atom is 0.434 e. The van der Waals surface area contributed by atoms with Gasteiger partial charge in [-0.3, -0.25) is 0 Å². The predicted molar refractivity (Wildman–Crippen MR) is 98.4 cm³/mol. The van der Waals surface area contributed by atoms with Crippen molar-refractivity contribution in [3.8, 4) is 0 Å². The molecule has 27 heavy (non-hydrogen) atoms. The summed E-state index contributed by atoms with van der Waals surface area (Å²) < 4.78 is 62.2. The molecular formula is C16H19F3N4O2S2. The van der Waals surface area contributed by atoms with E-state index in [-0.39, 0.29) is 28.7 Å². The number of thiazole rings is 1. The van der Waals surface area contributed by atoms with Crippen molar-refractivity contribution in [2.45, 2.75) is 24.5 Å². The van der Waals surface area contributed by atoms with E-state index in [2.05, 4.69) is 20.6 Å². The van der Waals surface area contributed by atoms with E-state index in [0.29, 0.717) is 12.5 Å². The molecule has 0 atom stereocenters. The third-order valence-corrected chi connectivity index (χ3v) is 5.89. The number of nitrogens with zero attached hydrogens (tertiary/aromatic N) is 2. The number of nitrogens with one attached hydrogen (secondary N) is 2. The minimum atomic E-state index is -4.48. The number of rotatable bonds is 7. The largest absolute Gasteiger partial charge is 0.434 e. The second-order valence-electron chi connectivity index (χ2n) is 5.38. The molecule has 1 aromatic heterocycles. The first kappa shape index (κ1) is 21.2. The molecule has 11 heteroatoms. The van der Waals surface area contributed by atoms with E-state index < -0.39 is 21.7 Å². The number of alkyl halides is 3. The highest BCUT2D eigenvalue weighted by molar-refractivity contribution is 7.91. The zero-order valence-corrected chi connectivity index (χ0v) is 16.1. The van der Waals surface area contributed by atoms with Gasteiger partial charge in [0.25, 0.3) is 0 Å². The summed E-state index contributed by atoms with van der Waals surface area (Å²) in [4.78, 5) is 7.89. The molecule has 0 saturated heterocycles. The molecule has 0 aliphatic heterocycles. The fraction of sp³-hybridized carbons (Fsp3) is 0.375. The molecule has 2 rings (SSSR count). The quantitative estimate of drug-likeness (QED) is 0.532. The Morgan fingerprint density at radius 2 is 1.93 bits per heavy atom. The number of hydrogen-bond acceptors (Lipinski definition) is 5. The van der Waals surface area contributed by atoms with Gasteiger partial charge in [0.15, 0.2) is 21.5 Å². The molecule has 1 heterocycles. The highest BCUT2D eigenvalue weighted by Gasteiger charge is 2.33. The average molecular weight is 420 g/mol. The van der Waals surface area contributed by atoms with Gasteiger partial charge in [-0.2, -0.15) is 13.2 Å². The lowest BCUT2D eigenvalue weighted by atomic mass is 10.4. The van der Waals surface area contributed by atoms with Crippen LogP contribution in [-0.4, -0.2) is 38.2 Å². The van der Waals surface area contributed by atoms with Gasteiger partial charge in [0.05, 0.1) is 17.2 Å². The van der Waals surface area contributed by atoms with Gasteiger partial charge in [-0.15, -0.1) is 11.3 Å². The third-order valence-electron chi connectivity index (χ3n) is 3.32. The molecule has 0 radical (unpaired) electrons. The monoisotopic (exact) mass is 420 g/mol. The molecule has 0 amide bonds. The molecule has 148 valence electrons. The number of aliphatic imine (C=N–C) groups is 1. The van der Waals surface area contributed by atoms with E-state index in [0.717, 1.165) is 16.7 Å². The predicted octanol–water partition coefficient (Wildman–Crippen LogP) is 2.69. The van der Waals surface area contributed by atoms with Crippen molar-refractivity contribution in [2.75, 3.05) is 18.8 Å². The molecule has 0 fully saturated rings. The Labute approximate surface area is 159 Å². The summed E-state index contributed by atoms with van der Waals surface area (Å²) in [6.07, 6.45) is -4.48. The van der Waals surface area contributed by atoms with Crippen molar-refractivity contribution < 1.29 is 21.6 Å². The lowest BCUT2D eigenvalue weighted by Gasteiger charge is -2.11. The number of benzene rings is 1. The zero-order chi connectivity index (χ0) is 19.9. The first-order valence-corrected chi connectivity index (χ1v) is 10.6. The Hall–Kier alpha value is -2.14. The van der Waals surface area contributed by atoms with Crippen LogP contribution in [0, 0.1) is 0 Å². The van der Waals surface area contributed by atoms with Crippen LogP contribution >= 0.6 is 11.3 Å². The van der Waals surface area contributed by atoms with Gasteiger partial charge in [0, 0.05) is 18.5 Å². The summed E-state index contributed by atoms with van der Waals surface area (Å²) in [6.45, 7) is 2.41. The van der Waals surface area contributed by atoms with Gasteiger partial charge >= 0.3 is 6.18 Å². The fourth-order valence-electron chi connectivity index (χ4n) is 2.05. The molecular weight excluding hydrogens is 401 g/mol. The summed E-state index contributed by atoms with van der Waals surface area (Å²) in [5.41, 5.74) is -0.940. The summed E-state index contributed by atoms with van der Waals surface area (Å²) in [7, 11) is -3.43. The molecule has 2 aromatic rings. The Balaban J connectivity index is 1.95. The summed E-state index contributed by atoms with van der Waals surface area (Å²) in [5.74, 6) is 0.168. The van der Waals surface area contributed by atoms with Gasteiger partial charge in [-0.1, -0.05) is 18.2 Å². The van der Waals surface area contributed by atoms with Crippen molar-refractivity contribution in [3.63, 3.8) is 0 Å². The Bertz CT molecular complexity index is 865. The normalized spacial score (nSPS) is 12.8. The zero-order valence-electron chi connectivity index (χ0n) is 14.5. The SMILES string of the molecule is CCNC(=NCc1nc(C(F)(F)F)cs1)NCCS(=O)(=O)c1ccccc1. The Morgan fingerprint density at radius 3 is 2.52 bits per heavy atom. The lowest BCUT2D eigenvalue weighted by molar-refractivity contribution is -0.140. The number of halogens is 3. The van der Waals surface area contributed by atoms with Crippen LogP contribution in [0.4, 0.5) is 13.2 Å². The van der Waals surface area contributed by atoms with Gasteiger partial charge in [0.1, 0.15) is 5.01 Å². The number of hydrogen-bond donors (Lipinski definition) is 2. The molecule has 1 aromatic carbocycles. The van der Waals surface area contributed by atoms with Gasteiger partial charge < -0.3 is 10.6 Å². The van der Waals surface area contributed by atoms with Crippen LogP contribution in [0.25, 0.3) is 0 Å². The van der Waals surface area contributed by atoms with Crippen LogP contribution in [0.1, 0.15) is 17.6 Å². The van der Waals surface area contributed by atoms with Crippen molar-refractivity contribution in [2.24, 2.45) is 4.99 Å². The van der Waals surface area contributed by atoms with E-state index in [1.165, 1.54) is 12.1 Å². The van der Waals surface area contributed by atoms with Crippen LogP contribution in [0.2, 0.25) is 0 Å². The summed E-state index contributed by atoms with van der Waals surface area (Å²) in [5, 5.41) is 6.94. The van der Waals surface area contributed by atoms with Gasteiger partial charge in [0.2, 0.25) is 0 Å². The Morgan fingerprint density at radius 1 is 1.22 bits per heavy atom. The smallest absolute Gasteiger partial charge is 0.357 e. The number of aromatic nitrogens is 1. The molecule has 0 aliphatic carbocycles. The van der Waals surface area contributed by atoms with Crippen LogP contribution in [-0.2, 0) is 22.6 Å². The highest BCUT2D eigenvalue weighted by Crippen LogP contribution is 2.30. The second kappa shape index (κ2) is 9.18. The van der Waals surface area contributed by atoms with Crippen LogP contribution < -0.4 is 10.6 Å². The second-order valence-corrected chi connectivity index (χ2v) is 8.43. The molecule has 0 saturated carbocycles. The molecule has 2 N–H and O–H groups in total. The molecule has 0 unspecified atom stereocenters. The summed E-state index contributed by atoms with van der Waals surface area (Å²) in [6, 6.07) is 8.07. The minimum Gasteiger partial charge on any atom is -0.357 e. The minimum absolute atomic E-state index is 0.0402. The van der Waals surface area contributed by atoms with E-state index in [4.69, 9.17) is 0 Å². The van der Waals surface area contributed by atoms with Gasteiger partial charge in [-0.25, -0.2) is 18.4 Å². The van der Waals surface area contributed by atoms with Crippen molar-refractivity contribution in [1.82, 2.24) is 15.6 Å². The van der Waals surface area contributed by atoms with E-state index in [9.17, 15) is 21.6 Å². The summed E-state index contributed by atoms with van der Waals surface area (Å²) >= 11 is 0.872. The highest BCUT2D eigenvalue weighted by atomic mass is 32.2. The first-order chi connectivity index (χ1) is 12.7. The van der Waals surface area contributed by atoms with Crippen molar-refractivity contribution >= 4 is 27.1 Å². The third kappa shape index (κ3) is 6.51. The van der Waals surface area contributed by atoms with Crippen LogP contribution in [0.15, 0.2) is 45.6 Å². The first-order valence-electron chi connectivity index (χ1n) is 8.04. The Kier molecular flexibility index (Phi) is 7.19. The van der Waals surface area contributed by atoms with Crippen molar-refractivity contribution in [1.29, 1.82) is 0 Å². The molecule has 0 bridgehead atoms. The average Bonchev–Trinajstić information content (AvgIpc) is 3.10. The maximum absolute atomic E-state index is 12.6. The van der Waals surface area contributed by atoms with Crippen LogP contribution in [0.3, 0.4) is 0 Å². The van der Waals surface area contributed by atoms with E-state index in [1.54, 1.807) is 18.2 Å². The molecule has 0 spiro atoms. The van der Waals surface area contributed by atoms with Crippen molar-refractivity contribution in [3.05, 3.63) is 46.4 Å². The fourth-order valence-corrected chi connectivity index (χ4v) is 3.95. The maximum atomic E-state index is 12.6. The standard InChI is InChI=1S/C16H19F3N4O2S2/c1-2-20-15(22-10-14-23-13(11-26-14)16(17,18)19)21-8-9-27(24,25)12-6-4-3-5-7-12/h3-7,11H,2,8-10H2,1H3,(H2,20,21,22). The number of guanidine groups is 1. The molecule has 0 aliphatic rings. The van der Waals surface area contributed by atoms with E-state index >= 15 is 0 Å². The molecule has 6 nitrogen and oxygen atoms in total. The van der Waals surface area contributed by atoms with Gasteiger partial charge in [-0.05, 0) is 19.1 Å². The van der Waals surface area contributed by atoms with Crippen LogP contribution in [0.5, 0.6) is 0 Å². The lowest BCUT2D eigenvalue weighted by Crippen LogP contribution is -2.39. The topological polar surface area (TPSA) is 83.4 Å². The van der Waals surface area contributed by atoms with E-state index in [1.807, 2.05) is 6.92 Å².